The fourth-order valence-corrected chi connectivity index (χ4v) is 2.53. The number of ether oxygens (including phenoxy) is 2. The van der Waals surface area contributed by atoms with Crippen LogP contribution in [0, 0.1) is 0 Å². The van der Waals surface area contributed by atoms with Crippen LogP contribution in [0.2, 0.25) is 0 Å². The summed E-state index contributed by atoms with van der Waals surface area (Å²) in [6, 6.07) is 20.3. The molecule has 0 aliphatic heterocycles. The fraction of sp³-hybridized carbons (Fsp3) is 0.0952. The van der Waals surface area contributed by atoms with Crippen molar-refractivity contribution in [3.8, 4) is 22.6 Å². The smallest absolute Gasteiger partial charge is 0.489 e. The van der Waals surface area contributed by atoms with Gasteiger partial charge in [-0.05, 0) is 47.0 Å². The summed E-state index contributed by atoms with van der Waals surface area (Å²) in [4.78, 5) is 11.0. The summed E-state index contributed by atoms with van der Waals surface area (Å²) in [6.45, 7) is 0.407. The summed E-state index contributed by atoms with van der Waals surface area (Å²) in [5.74, 6) is 0.187. The van der Waals surface area contributed by atoms with Crippen LogP contribution in [0.5, 0.6) is 11.5 Å². The Morgan fingerprint density at radius 1 is 0.815 bits per heavy atom. The number of hydrogen-bond acceptors (Lipinski definition) is 3. The normalized spacial score (nSPS) is 11.1. The molecule has 138 valence electrons. The van der Waals surface area contributed by atoms with Crippen LogP contribution in [-0.2, 0) is 6.61 Å². The predicted octanol–water partition coefficient (Wildman–Crippen LogP) is 5.64. The highest BCUT2D eigenvalue weighted by molar-refractivity contribution is 5.80. The maximum Gasteiger partial charge on any atom is 0.573 e. The zero-order chi connectivity index (χ0) is 19.3. The summed E-state index contributed by atoms with van der Waals surface area (Å²) in [5.41, 5.74) is 2.19. The Hall–Kier alpha value is -3.28. The number of halogens is 3. The van der Waals surface area contributed by atoms with E-state index in [4.69, 9.17) is 4.74 Å². The third-order valence-corrected chi connectivity index (χ3v) is 3.73. The van der Waals surface area contributed by atoms with Crippen molar-refractivity contribution in [2.24, 2.45) is 0 Å². The van der Waals surface area contributed by atoms with Gasteiger partial charge < -0.3 is 9.47 Å². The van der Waals surface area contributed by atoms with Crippen LogP contribution in [0.15, 0.2) is 72.8 Å². The first-order chi connectivity index (χ1) is 12.9. The van der Waals surface area contributed by atoms with Gasteiger partial charge in [-0.1, -0.05) is 42.5 Å². The molecule has 0 spiro atoms. The Kier molecular flexibility index (Phi) is 5.45. The van der Waals surface area contributed by atoms with E-state index in [9.17, 15) is 18.0 Å². The van der Waals surface area contributed by atoms with E-state index in [1.807, 2.05) is 30.3 Å². The van der Waals surface area contributed by atoms with Crippen LogP contribution >= 0.6 is 0 Å². The van der Waals surface area contributed by atoms with Gasteiger partial charge >= 0.3 is 6.36 Å². The van der Waals surface area contributed by atoms with E-state index in [2.05, 4.69) is 4.74 Å². The largest absolute Gasteiger partial charge is 0.573 e. The molecule has 0 bridgehead atoms. The molecule has 3 nitrogen and oxygen atoms in total. The zero-order valence-corrected chi connectivity index (χ0v) is 14.1. The Labute approximate surface area is 154 Å². The van der Waals surface area contributed by atoms with Gasteiger partial charge in [0, 0.05) is 5.56 Å². The lowest BCUT2D eigenvalue weighted by Crippen LogP contribution is -2.17. The number of rotatable bonds is 6. The van der Waals surface area contributed by atoms with Gasteiger partial charge in [0.2, 0.25) is 0 Å². The molecular weight excluding hydrogens is 357 g/mol. The average Bonchev–Trinajstić information content (AvgIpc) is 2.66. The van der Waals surface area contributed by atoms with Crippen molar-refractivity contribution in [2.45, 2.75) is 13.0 Å². The number of carbonyl (C=O) groups is 1. The van der Waals surface area contributed by atoms with E-state index < -0.39 is 12.1 Å². The number of benzene rings is 3. The minimum Gasteiger partial charge on any atom is -0.489 e. The first kappa shape index (κ1) is 18.5. The highest BCUT2D eigenvalue weighted by atomic mass is 19.4. The van der Waals surface area contributed by atoms with E-state index in [0.29, 0.717) is 29.8 Å². The molecule has 0 aliphatic carbocycles. The van der Waals surface area contributed by atoms with E-state index in [1.165, 1.54) is 12.1 Å². The van der Waals surface area contributed by atoms with Crippen LogP contribution in [0.4, 0.5) is 13.2 Å². The average molecular weight is 372 g/mol. The lowest BCUT2D eigenvalue weighted by Gasteiger charge is -2.12. The lowest BCUT2D eigenvalue weighted by molar-refractivity contribution is -0.274. The van der Waals surface area contributed by atoms with Gasteiger partial charge in [-0.25, -0.2) is 0 Å². The van der Waals surface area contributed by atoms with Crippen molar-refractivity contribution in [2.75, 3.05) is 0 Å². The molecule has 0 unspecified atom stereocenters. The van der Waals surface area contributed by atoms with Crippen LogP contribution in [0.3, 0.4) is 0 Å². The third kappa shape index (κ3) is 5.34. The van der Waals surface area contributed by atoms with Crippen molar-refractivity contribution in [3.63, 3.8) is 0 Å². The van der Waals surface area contributed by atoms with Crippen molar-refractivity contribution >= 4 is 6.29 Å². The molecule has 0 radical (unpaired) electrons. The monoisotopic (exact) mass is 372 g/mol. The molecule has 0 N–H and O–H groups in total. The van der Waals surface area contributed by atoms with Crippen LogP contribution in [0.1, 0.15) is 15.9 Å². The van der Waals surface area contributed by atoms with E-state index in [1.54, 1.807) is 24.3 Å². The molecule has 0 aliphatic rings. The van der Waals surface area contributed by atoms with Gasteiger partial charge in [-0.3, -0.25) is 4.79 Å². The second-order valence-electron chi connectivity index (χ2n) is 5.76. The summed E-state index contributed by atoms with van der Waals surface area (Å²) in [7, 11) is 0. The number of carbonyl (C=O) groups excluding carboxylic acids is 1. The molecule has 0 amide bonds. The minimum atomic E-state index is -4.83. The highest BCUT2D eigenvalue weighted by Crippen LogP contribution is 2.30. The fourth-order valence-electron chi connectivity index (χ4n) is 2.53. The standard InChI is InChI=1S/C21H15F3O3/c22-21(23,24)27-20-11-16(13-25)10-18(12-20)17-6-8-19(9-7-17)26-14-15-4-2-1-3-5-15/h1-13H,14H2. The topological polar surface area (TPSA) is 35.5 Å². The molecule has 3 aromatic carbocycles. The minimum absolute atomic E-state index is 0.0937. The SMILES string of the molecule is O=Cc1cc(OC(F)(F)F)cc(-c2ccc(OCc3ccccc3)cc2)c1. The molecule has 0 atom stereocenters. The van der Waals surface area contributed by atoms with Crippen molar-refractivity contribution in [1.82, 2.24) is 0 Å². The number of hydrogen-bond donors (Lipinski definition) is 0. The van der Waals surface area contributed by atoms with Crippen molar-refractivity contribution < 1.29 is 27.4 Å². The molecule has 0 saturated heterocycles. The van der Waals surface area contributed by atoms with Crippen LogP contribution in [-0.4, -0.2) is 12.6 Å². The summed E-state index contributed by atoms with van der Waals surface area (Å²) in [5, 5.41) is 0. The van der Waals surface area contributed by atoms with E-state index in [0.717, 1.165) is 11.6 Å². The molecule has 0 aromatic heterocycles. The van der Waals surface area contributed by atoms with E-state index >= 15 is 0 Å². The molecule has 3 aromatic rings. The van der Waals surface area contributed by atoms with E-state index in [-0.39, 0.29) is 5.56 Å². The van der Waals surface area contributed by atoms with Gasteiger partial charge in [0.05, 0.1) is 0 Å². The van der Waals surface area contributed by atoms with Gasteiger partial charge in [-0.2, -0.15) is 0 Å². The highest BCUT2D eigenvalue weighted by Gasteiger charge is 2.31. The Morgan fingerprint density at radius 3 is 2.15 bits per heavy atom. The first-order valence-corrected chi connectivity index (χ1v) is 8.06. The lowest BCUT2D eigenvalue weighted by atomic mass is 10.0. The second kappa shape index (κ2) is 7.95. The molecule has 27 heavy (non-hydrogen) atoms. The summed E-state index contributed by atoms with van der Waals surface area (Å²) >= 11 is 0. The Bertz CT molecular complexity index is 904. The zero-order valence-electron chi connectivity index (χ0n) is 14.1. The van der Waals surface area contributed by atoms with Gasteiger partial charge in [0.1, 0.15) is 24.4 Å². The molecule has 6 heteroatoms. The van der Waals surface area contributed by atoms with Crippen LogP contribution < -0.4 is 9.47 Å². The van der Waals surface area contributed by atoms with Gasteiger partial charge in [0.25, 0.3) is 0 Å². The van der Waals surface area contributed by atoms with Gasteiger partial charge in [-0.15, -0.1) is 13.2 Å². The maximum absolute atomic E-state index is 12.5. The predicted molar refractivity (Wildman–Crippen MR) is 94.7 cm³/mol. The molecule has 3 rings (SSSR count). The molecular formula is C21H15F3O3. The van der Waals surface area contributed by atoms with Crippen molar-refractivity contribution in [3.05, 3.63) is 83.9 Å². The second-order valence-corrected chi connectivity index (χ2v) is 5.76. The molecule has 0 heterocycles. The maximum atomic E-state index is 12.5. The number of alkyl halides is 3. The third-order valence-electron chi connectivity index (χ3n) is 3.73. The molecule has 0 fully saturated rings. The molecule has 0 saturated carbocycles. The Balaban J connectivity index is 1.77. The summed E-state index contributed by atoms with van der Waals surface area (Å²) < 4.78 is 47.0. The van der Waals surface area contributed by atoms with Crippen molar-refractivity contribution in [1.29, 1.82) is 0 Å². The Morgan fingerprint density at radius 2 is 1.52 bits per heavy atom. The van der Waals surface area contributed by atoms with Crippen LogP contribution in [0.25, 0.3) is 11.1 Å². The number of aldehydes is 1. The van der Waals surface area contributed by atoms with Gasteiger partial charge in [0.15, 0.2) is 0 Å². The quantitative estimate of drug-likeness (QED) is 0.525. The first-order valence-electron chi connectivity index (χ1n) is 8.06. The summed E-state index contributed by atoms with van der Waals surface area (Å²) in [6.07, 6.45) is -4.35.